The van der Waals surface area contributed by atoms with E-state index in [9.17, 15) is 0 Å². The molecule has 0 radical (unpaired) electrons. The van der Waals surface area contributed by atoms with Crippen LogP contribution in [0.2, 0.25) is 0 Å². The molecule has 0 amide bonds. The molecule has 4 bridgehead atoms. The number of likely N-dealkylation sites (N-methyl/N-ethyl adjacent to an activating group) is 2. The Hall–Kier alpha value is -3.62. The lowest BCUT2D eigenvalue weighted by Crippen LogP contribution is -2.24. The molecule has 0 aliphatic carbocycles. The Morgan fingerprint density at radius 1 is 0.314 bits per heavy atom. The molecule has 1 aliphatic rings. The first kappa shape index (κ1) is 57.3. The highest BCUT2D eigenvalue weighted by atomic mass is 32.2. The van der Waals surface area contributed by atoms with Crippen LogP contribution in [0.5, 0.6) is 23.0 Å². The molecule has 14 nitrogen and oxygen atoms in total. The third-order valence-corrected chi connectivity index (χ3v) is 12.5. The van der Waals surface area contributed by atoms with Gasteiger partial charge in [-0.05, 0) is 60.6 Å². The number of benzene rings is 4. The van der Waals surface area contributed by atoms with E-state index >= 15 is 0 Å². The second-order valence-corrected chi connectivity index (χ2v) is 18.6. The van der Waals surface area contributed by atoms with Gasteiger partial charge in [0.05, 0.1) is 106 Å². The number of para-hydroxylation sites is 4. The zero-order valence-electron chi connectivity index (χ0n) is 41.6. The summed E-state index contributed by atoms with van der Waals surface area (Å²) < 4.78 is 70.2. The second kappa shape index (κ2) is 38.1. The molecule has 1 aliphatic heterocycles. The number of hydrogen-bond acceptors (Lipinski definition) is 16. The van der Waals surface area contributed by atoms with Crippen LogP contribution in [0, 0.1) is 0 Å². The van der Waals surface area contributed by atoms with Crippen LogP contribution >= 0.6 is 23.5 Å². The van der Waals surface area contributed by atoms with Gasteiger partial charge in [0.15, 0.2) is 23.0 Å². The van der Waals surface area contributed by atoms with Gasteiger partial charge in [0.2, 0.25) is 0 Å². The molecule has 4 aromatic carbocycles. The number of nitrogens with zero attached hydrogens (tertiary/aromatic N) is 2. The van der Waals surface area contributed by atoms with Crippen molar-refractivity contribution < 1.29 is 56.8 Å². The molecule has 0 spiro atoms. The van der Waals surface area contributed by atoms with Crippen LogP contribution in [0.15, 0.2) is 97.1 Å². The number of hydrogen-bond donors (Lipinski definition) is 0. The lowest BCUT2D eigenvalue weighted by molar-refractivity contribution is 0.0295. The molecule has 70 heavy (non-hydrogen) atoms. The highest BCUT2D eigenvalue weighted by Crippen LogP contribution is 2.27. The maximum Gasteiger partial charge on any atom is 0.161 e. The maximum absolute atomic E-state index is 5.96. The van der Waals surface area contributed by atoms with Crippen molar-refractivity contribution in [3.8, 4) is 23.0 Å². The Labute approximate surface area is 426 Å². The number of ether oxygens (including phenoxy) is 12. The average molecular weight is 1010 g/mol. The SMILES string of the molecule is CN1CCOCCOCCOc2ccccc2OCCOCCOCCSCc2cccc(c2)CSCCOCCOCCOc2ccccc2OCCOCCOCCN(C)Cc2cccc(c2)C1. The van der Waals surface area contributed by atoms with Gasteiger partial charge >= 0.3 is 0 Å². The van der Waals surface area contributed by atoms with Crippen LogP contribution in [0.3, 0.4) is 0 Å². The fraction of sp³-hybridized carbons (Fsp3) is 0.556. The highest BCUT2D eigenvalue weighted by Gasteiger charge is 2.09. The summed E-state index contributed by atoms with van der Waals surface area (Å²) in [5.41, 5.74) is 5.21. The third kappa shape index (κ3) is 26.7. The maximum atomic E-state index is 5.96. The van der Waals surface area contributed by atoms with Gasteiger partial charge in [-0.1, -0.05) is 72.8 Å². The first-order valence-electron chi connectivity index (χ1n) is 24.6. The van der Waals surface area contributed by atoms with Crippen molar-refractivity contribution in [3.05, 3.63) is 119 Å². The molecule has 16 heteroatoms. The summed E-state index contributed by atoms with van der Waals surface area (Å²) in [6.07, 6.45) is 0. The molecule has 388 valence electrons. The van der Waals surface area contributed by atoms with Gasteiger partial charge in [0, 0.05) is 49.2 Å². The van der Waals surface area contributed by atoms with Crippen LogP contribution in [-0.2, 0) is 62.5 Å². The van der Waals surface area contributed by atoms with Crippen LogP contribution in [-0.4, -0.2) is 181 Å². The van der Waals surface area contributed by atoms with Gasteiger partial charge in [-0.15, -0.1) is 0 Å². The Morgan fingerprint density at radius 3 is 0.957 bits per heavy atom. The van der Waals surface area contributed by atoms with Crippen molar-refractivity contribution in [3.63, 3.8) is 0 Å². The normalized spacial score (nSPS) is 19.5. The predicted molar refractivity (Wildman–Crippen MR) is 279 cm³/mol. The Balaban J connectivity index is 0.977. The third-order valence-electron chi connectivity index (χ3n) is 10.5. The van der Waals surface area contributed by atoms with Gasteiger partial charge in [0.25, 0.3) is 0 Å². The Morgan fingerprint density at radius 2 is 0.600 bits per heavy atom. The van der Waals surface area contributed by atoms with Gasteiger partial charge in [-0.3, -0.25) is 9.80 Å². The minimum Gasteiger partial charge on any atom is -0.487 e. The second-order valence-electron chi connectivity index (χ2n) is 16.4. The molecule has 0 saturated heterocycles. The molecule has 0 unspecified atom stereocenters. The van der Waals surface area contributed by atoms with Crippen molar-refractivity contribution in [1.29, 1.82) is 0 Å². The van der Waals surface area contributed by atoms with Crippen molar-refractivity contribution in [2.75, 3.05) is 171 Å². The molecular weight excluding hydrogens is 933 g/mol. The minimum atomic E-state index is 0.413. The predicted octanol–water partition coefficient (Wildman–Crippen LogP) is 7.78. The van der Waals surface area contributed by atoms with Crippen molar-refractivity contribution >= 4 is 23.5 Å². The highest BCUT2D eigenvalue weighted by molar-refractivity contribution is 7.98. The van der Waals surface area contributed by atoms with Crippen molar-refractivity contribution in [2.45, 2.75) is 24.6 Å². The lowest BCUT2D eigenvalue weighted by Gasteiger charge is -2.19. The summed E-state index contributed by atoms with van der Waals surface area (Å²) in [7, 11) is 4.23. The average Bonchev–Trinajstić information content (AvgIpc) is 3.37. The lowest BCUT2D eigenvalue weighted by atomic mass is 10.1. The summed E-state index contributed by atoms with van der Waals surface area (Å²) in [4.78, 5) is 4.55. The van der Waals surface area contributed by atoms with Gasteiger partial charge < -0.3 is 56.8 Å². The van der Waals surface area contributed by atoms with Crippen molar-refractivity contribution in [1.82, 2.24) is 9.80 Å². The van der Waals surface area contributed by atoms with E-state index in [4.69, 9.17) is 56.8 Å². The summed E-state index contributed by atoms with van der Waals surface area (Å²) in [5.74, 6) is 6.49. The monoisotopic (exact) mass is 1010 g/mol. The molecule has 0 N–H and O–H groups in total. The van der Waals surface area contributed by atoms with E-state index < -0.39 is 0 Å². The number of fused-ring (bicyclic) bond motifs is 6. The van der Waals surface area contributed by atoms with Crippen LogP contribution in [0.4, 0.5) is 0 Å². The van der Waals surface area contributed by atoms with Gasteiger partial charge in [-0.25, -0.2) is 0 Å². The molecule has 0 atom stereocenters. The number of rotatable bonds is 0. The molecule has 1 heterocycles. The molecule has 0 fully saturated rings. The Bertz CT molecular complexity index is 1790. The summed E-state index contributed by atoms with van der Waals surface area (Å²) in [6.45, 7) is 13.7. The van der Waals surface area contributed by atoms with E-state index in [-0.39, 0.29) is 0 Å². The Kier molecular flexibility index (Phi) is 31.1. The topological polar surface area (TPSA) is 117 Å². The van der Waals surface area contributed by atoms with Gasteiger partial charge in [-0.2, -0.15) is 23.5 Å². The van der Waals surface area contributed by atoms with Crippen LogP contribution < -0.4 is 18.9 Å². The fourth-order valence-electron chi connectivity index (χ4n) is 6.98. The fourth-order valence-corrected chi connectivity index (χ4v) is 8.57. The summed E-state index contributed by atoms with van der Waals surface area (Å²) in [6, 6.07) is 32.9. The minimum absolute atomic E-state index is 0.413. The van der Waals surface area contributed by atoms with E-state index in [1.807, 2.05) is 72.1 Å². The first-order chi connectivity index (χ1) is 34.6. The molecule has 5 rings (SSSR count). The smallest absolute Gasteiger partial charge is 0.161 e. The van der Waals surface area contributed by atoms with E-state index in [1.165, 1.54) is 22.3 Å². The first-order valence-corrected chi connectivity index (χ1v) is 26.9. The van der Waals surface area contributed by atoms with Crippen LogP contribution in [0.25, 0.3) is 0 Å². The molecule has 0 saturated carbocycles. The zero-order chi connectivity index (χ0) is 48.8. The largest absolute Gasteiger partial charge is 0.487 e. The molecule has 4 aromatic rings. The quantitative estimate of drug-likeness (QED) is 0.171. The van der Waals surface area contributed by atoms with Crippen molar-refractivity contribution in [2.24, 2.45) is 0 Å². The van der Waals surface area contributed by atoms with E-state index in [0.717, 1.165) is 49.2 Å². The van der Waals surface area contributed by atoms with E-state index in [2.05, 4.69) is 72.4 Å². The number of thioether (sulfide) groups is 2. The summed E-state index contributed by atoms with van der Waals surface area (Å²) >= 11 is 3.75. The molecular formula is C54H78N2O12S2. The van der Waals surface area contributed by atoms with Gasteiger partial charge in [0.1, 0.15) is 26.4 Å². The van der Waals surface area contributed by atoms with E-state index in [0.29, 0.717) is 155 Å². The molecule has 0 aromatic heterocycles. The standard InChI is InChI=1S/C54H78N2O12S2/c1-55-17-19-57-21-23-59-29-33-65-51-13-3-5-15-53(51)67-35-31-61-25-27-63-37-39-69-45-49-11-8-12-50(42-49)46-70-40-38-64-28-26-62-32-36-68-54-16-6-4-14-52(54)66-34-30-60-24-22-58-20-18-56(2)44-48-10-7-9-47(41-48)43-55/h3-16,41-42H,17-40,43-46H2,1-2H3. The van der Waals surface area contributed by atoms with E-state index in [1.54, 1.807) is 0 Å². The zero-order valence-corrected chi connectivity index (χ0v) is 43.3. The van der Waals surface area contributed by atoms with Crippen LogP contribution in [0.1, 0.15) is 22.3 Å². The summed E-state index contributed by atoms with van der Waals surface area (Å²) in [5, 5.41) is 0.